The van der Waals surface area contributed by atoms with Gasteiger partial charge >= 0.3 is 0 Å². The largest absolute Gasteiger partial charge is 0.490 e. The minimum Gasteiger partial charge on any atom is -0.490 e. The van der Waals surface area contributed by atoms with E-state index in [-0.39, 0.29) is 6.10 Å². The van der Waals surface area contributed by atoms with E-state index in [1.807, 2.05) is 18.2 Å². The summed E-state index contributed by atoms with van der Waals surface area (Å²) in [6.45, 7) is 5.52. The SMILES string of the molecule is CCCOc1ccc(C(O)CC2CC2)cc1OCCC. The maximum Gasteiger partial charge on any atom is 0.161 e. The molecule has 0 saturated heterocycles. The molecule has 1 aromatic rings. The van der Waals surface area contributed by atoms with Crippen molar-refractivity contribution in [2.45, 2.75) is 52.1 Å². The van der Waals surface area contributed by atoms with Gasteiger partial charge in [0.15, 0.2) is 11.5 Å². The van der Waals surface area contributed by atoms with Crippen LogP contribution in [0.4, 0.5) is 0 Å². The summed E-state index contributed by atoms with van der Waals surface area (Å²) in [6, 6.07) is 5.82. The van der Waals surface area contributed by atoms with Gasteiger partial charge in [0.05, 0.1) is 19.3 Å². The Bertz CT molecular complexity index is 413. The second-order valence-electron chi connectivity index (χ2n) is 5.60. The second-order valence-corrected chi connectivity index (χ2v) is 5.60. The van der Waals surface area contributed by atoms with Crippen molar-refractivity contribution in [3.63, 3.8) is 0 Å². The number of hydrogen-bond acceptors (Lipinski definition) is 3. The molecule has 1 aromatic carbocycles. The monoisotopic (exact) mass is 278 g/mol. The molecule has 1 unspecified atom stereocenters. The summed E-state index contributed by atoms with van der Waals surface area (Å²) >= 11 is 0. The average Bonchev–Trinajstić information content (AvgIpc) is 3.27. The predicted molar refractivity (Wildman–Crippen MR) is 80.3 cm³/mol. The van der Waals surface area contributed by atoms with Gasteiger partial charge in [-0.15, -0.1) is 0 Å². The Hall–Kier alpha value is -1.22. The van der Waals surface area contributed by atoms with Crippen LogP contribution in [0.2, 0.25) is 0 Å². The summed E-state index contributed by atoms with van der Waals surface area (Å²) in [6.07, 6.45) is 4.93. The lowest BCUT2D eigenvalue weighted by Gasteiger charge is -2.16. The van der Waals surface area contributed by atoms with Gasteiger partial charge in [-0.2, -0.15) is 0 Å². The molecule has 0 aromatic heterocycles. The third-order valence-corrected chi connectivity index (χ3v) is 3.53. The molecule has 0 radical (unpaired) electrons. The van der Waals surface area contributed by atoms with Gasteiger partial charge in [0.2, 0.25) is 0 Å². The van der Waals surface area contributed by atoms with Crippen LogP contribution in [0.25, 0.3) is 0 Å². The quantitative estimate of drug-likeness (QED) is 0.739. The van der Waals surface area contributed by atoms with Gasteiger partial charge in [-0.3, -0.25) is 0 Å². The molecule has 1 aliphatic rings. The molecular weight excluding hydrogens is 252 g/mol. The van der Waals surface area contributed by atoms with Gasteiger partial charge < -0.3 is 14.6 Å². The molecule has 1 saturated carbocycles. The van der Waals surface area contributed by atoms with E-state index < -0.39 is 0 Å². The first-order chi connectivity index (χ1) is 9.74. The maximum absolute atomic E-state index is 10.3. The molecule has 1 fully saturated rings. The lowest BCUT2D eigenvalue weighted by molar-refractivity contribution is 0.159. The van der Waals surface area contributed by atoms with Crippen LogP contribution in [0.5, 0.6) is 11.5 Å². The van der Waals surface area contributed by atoms with Crippen LogP contribution in [0, 0.1) is 5.92 Å². The summed E-state index contributed by atoms with van der Waals surface area (Å²) in [5.41, 5.74) is 0.937. The first kappa shape index (κ1) is 15.2. The van der Waals surface area contributed by atoms with Crippen LogP contribution in [-0.4, -0.2) is 18.3 Å². The minimum atomic E-state index is -0.383. The Morgan fingerprint density at radius 3 is 2.35 bits per heavy atom. The van der Waals surface area contributed by atoms with Crippen molar-refractivity contribution in [3.05, 3.63) is 23.8 Å². The topological polar surface area (TPSA) is 38.7 Å². The van der Waals surface area contributed by atoms with E-state index in [4.69, 9.17) is 9.47 Å². The van der Waals surface area contributed by atoms with Crippen molar-refractivity contribution < 1.29 is 14.6 Å². The van der Waals surface area contributed by atoms with Crippen molar-refractivity contribution in [3.8, 4) is 11.5 Å². The zero-order chi connectivity index (χ0) is 14.4. The minimum absolute atomic E-state index is 0.383. The molecule has 3 heteroatoms. The summed E-state index contributed by atoms with van der Waals surface area (Å²) < 4.78 is 11.5. The Labute approximate surface area is 121 Å². The average molecular weight is 278 g/mol. The number of aliphatic hydroxyl groups is 1. The Balaban J connectivity index is 2.08. The van der Waals surface area contributed by atoms with Gasteiger partial charge in [-0.25, -0.2) is 0 Å². The first-order valence-electron chi connectivity index (χ1n) is 7.82. The molecular formula is C17H26O3. The molecule has 3 nitrogen and oxygen atoms in total. The van der Waals surface area contributed by atoms with E-state index in [9.17, 15) is 5.11 Å². The van der Waals surface area contributed by atoms with E-state index in [2.05, 4.69) is 13.8 Å². The highest BCUT2D eigenvalue weighted by atomic mass is 16.5. The van der Waals surface area contributed by atoms with Crippen molar-refractivity contribution in [1.82, 2.24) is 0 Å². The van der Waals surface area contributed by atoms with E-state index in [0.29, 0.717) is 19.1 Å². The molecule has 0 amide bonds. The number of aliphatic hydroxyl groups excluding tert-OH is 1. The van der Waals surface area contributed by atoms with Crippen LogP contribution in [0.3, 0.4) is 0 Å². The van der Waals surface area contributed by atoms with E-state index >= 15 is 0 Å². The van der Waals surface area contributed by atoms with Crippen molar-refractivity contribution in [2.24, 2.45) is 5.92 Å². The molecule has 0 heterocycles. The molecule has 2 rings (SSSR count). The normalized spacial score (nSPS) is 15.9. The summed E-state index contributed by atoms with van der Waals surface area (Å²) in [5.74, 6) is 2.25. The second kappa shape index (κ2) is 7.53. The van der Waals surface area contributed by atoms with Crippen LogP contribution >= 0.6 is 0 Å². The molecule has 1 aliphatic carbocycles. The smallest absolute Gasteiger partial charge is 0.161 e. The van der Waals surface area contributed by atoms with Crippen LogP contribution in [0.1, 0.15) is 57.6 Å². The lowest BCUT2D eigenvalue weighted by atomic mass is 10.0. The zero-order valence-corrected chi connectivity index (χ0v) is 12.6. The highest BCUT2D eigenvalue weighted by Gasteiger charge is 2.25. The molecule has 0 bridgehead atoms. The van der Waals surface area contributed by atoms with E-state index in [1.165, 1.54) is 12.8 Å². The number of benzene rings is 1. The molecule has 1 N–H and O–H groups in total. The zero-order valence-electron chi connectivity index (χ0n) is 12.6. The molecule has 1 atom stereocenters. The van der Waals surface area contributed by atoms with Crippen molar-refractivity contribution in [2.75, 3.05) is 13.2 Å². The van der Waals surface area contributed by atoms with E-state index in [1.54, 1.807) is 0 Å². The number of rotatable bonds is 9. The first-order valence-corrected chi connectivity index (χ1v) is 7.82. The van der Waals surface area contributed by atoms with Gasteiger partial charge in [0.1, 0.15) is 0 Å². The number of hydrogen-bond donors (Lipinski definition) is 1. The van der Waals surface area contributed by atoms with Crippen LogP contribution in [-0.2, 0) is 0 Å². The summed E-state index contributed by atoms with van der Waals surface area (Å²) in [4.78, 5) is 0. The maximum atomic E-state index is 10.3. The van der Waals surface area contributed by atoms with Crippen molar-refractivity contribution in [1.29, 1.82) is 0 Å². The molecule has 0 aliphatic heterocycles. The van der Waals surface area contributed by atoms with Gasteiger partial charge in [0, 0.05) is 0 Å². The number of ether oxygens (including phenoxy) is 2. The third-order valence-electron chi connectivity index (χ3n) is 3.53. The highest BCUT2D eigenvalue weighted by Crippen LogP contribution is 2.39. The fourth-order valence-corrected chi connectivity index (χ4v) is 2.19. The summed E-state index contributed by atoms with van der Waals surface area (Å²) in [7, 11) is 0. The lowest BCUT2D eigenvalue weighted by Crippen LogP contribution is -2.04. The van der Waals surface area contributed by atoms with Crippen LogP contribution in [0.15, 0.2) is 18.2 Å². The van der Waals surface area contributed by atoms with Crippen LogP contribution < -0.4 is 9.47 Å². The Morgan fingerprint density at radius 1 is 1.10 bits per heavy atom. The molecule has 20 heavy (non-hydrogen) atoms. The van der Waals surface area contributed by atoms with E-state index in [0.717, 1.165) is 36.3 Å². The summed E-state index contributed by atoms with van der Waals surface area (Å²) in [5, 5.41) is 10.3. The molecule has 0 spiro atoms. The van der Waals surface area contributed by atoms with Gasteiger partial charge in [-0.1, -0.05) is 32.8 Å². The van der Waals surface area contributed by atoms with Gasteiger partial charge in [-0.05, 0) is 42.9 Å². The third kappa shape index (κ3) is 4.41. The van der Waals surface area contributed by atoms with Gasteiger partial charge in [0.25, 0.3) is 0 Å². The Morgan fingerprint density at radius 2 is 1.75 bits per heavy atom. The van der Waals surface area contributed by atoms with Crippen molar-refractivity contribution >= 4 is 0 Å². The Kier molecular flexibility index (Phi) is 5.72. The standard InChI is InChI=1S/C17H26O3/c1-3-9-19-16-8-7-14(12-17(16)20-10-4-2)15(18)11-13-5-6-13/h7-8,12-13,15,18H,3-6,9-11H2,1-2H3. The molecule has 112 valence electrons. The predicted octanol–water partition coefficient (Wildman–Crippen LogP) is 4.10. The highest BCUT2D eigenvalue weighted by molar-refractivity contribution is 5.43. The fraction of sp³-hybridized carbons (Fsp3) is 0.647. The fourth-order valence-electron chi connectivity index (χ4n) is 2.19.